The number of carbonyl (C=O) groups excluding carboxylic acids is 1. The summed E-state index contributed by atoms with van der Waals surface area (Å²) in [4.78, 5) is 12.3. The molecule has 6 heteroatoms. The average molecular weight is 415 g/mol. The molecule has 1 N–H and O–H groups in total. The van der Waals surface area contributed by atoms with Crippen molar-refractivity contribution in [2.24, 2.45) is 0 Å². The van der Waals surface area contributed by atoms with Gasteiger partial charge in [0.05, 0.1) is 19.9 Å². The quantitative estimate of drug-likeness (QED) is 0.802. The minimum absolute atomic E-state index is 0.223. The fourth-order valence-electron chi connectivity index (χ4n) is 1.76. The number of nitrogens with one attached hydrogen (secondary N) is 1. The number of methoxy groups -OCH3 is 2. The second-order valence-corrected chi connectivity index (χ2v) is 5.92. The monoisotopic (exact) mass is 413 g/mol. The molecule has 21 heavy (non-hydrogen) atoms. The van der Waals surface area contributed by atoms with Gasteiger partial charge < -0.3 is 14.8 Å². The van der Waals surface area contributed by atoms with Crippen LogP contribution in [0.15, 0.2) is 45.3 Å². The topological polar surface area (TPSA) is 47.6 Å². The molecule has 0 bridgehead atoms. The first-order valence-electron chi connectivity index (χ1n) is 6.03. The summed E-state index contributed by atoms with van der Waals surface area (Å²) in [5, 5.41) is 2.84. The molecule has 2 aromatic rings. The third kappa shape index (κ3) is 3.77. The fraction of sp³-hybridized carbons (Fsp3) is 0.133. The van der Waals surface area contributed by atoms with Gasteiger partial charge in [0.15, 0.2) is 11.5 Å². The van der Waals surface area contributed by atoms with Crippen molar-refractivity contribution in [3.8, 4) is 11.5 Å². The number of carbonyl (C=O) groups is 1. The maximum atomic E-state index is 12.3. The lowest BCUT2D eigenvalue weighted by atomic mass is 10.2. The Balaban J connectivity index is 2.24. The SMILES string of the molecule is COc1ccc(C(=O)Nc2ccc(Br)cc2Br)cc1OC. The summed E-state index contributed by atoms with van der Waals surface area (Å²) < 4.78 is 12.1. The van der Waals surface area contributed by atoms with Gasteiger partial charge in [-0.3, -0.25) is 4.79 Å². The van der Waals surface area contributed by atoms with Gasteiger partial charge in [0, 0.05) is 14.5 Å². The van der Waals surface area contributed by atoms with Gasteiger partial charge in [-0.25, -0.2) is 0 Å². The Morgan fingerprint density at radius 1 is 1.00 bits per heavy atom. The van der Waals surface area contributed by atoms with E-state index in [9.17, 15) is 4.79 Å². The molecule has 1 amide bonds. The molecule has 0 radical (unpaired) electrons. The second kappa shape index (κ2) is 6.95. The zero-order valence-electron chi connectivity index (χ0n) is 11.4. The van der Waals surface area contributed by atoms with Crippen LogP contribution in [0.25, 0.3) is 0 Å². The lowest BCUT2D eigenvalue weighted by Crippen LogP contribution is -2.12. The third-order valence-electron chi connectivity index (χ3n) is 2.83. The molecule has 0 fully saturated rings. The molecule has 2 rings (SSSR count). The Kier molecular flexibility index (Phi) is 5.25. The highest BCUT2D eigenvalue weighted by Crippen LogP contribution is 2.29. The Bertz CT molecular complexity index is 674. The molecule has 2 aromatic carbocycles. The number of hydrogen-bond donors (Lipinski definition) is 1. The summed E-state index contributed by atoms with van der Waals surface area (Å²) in [7, 11) is 3.08. The second-order valence-electron chi connectivity index (χ2n) is 4.15. The van der Waals surface area contributed by atoms with Gasteiger partial charge in [0.25, 0.3) is 5.91 Å². The summed E-state index contributed by atoms with van der Waals surface area (Å²) in [6, 6.07) is 10.6. The summed E-state index contributed by atoms with van der Waals surface area (Å²) in [5.74, 6) is 0.873. The van der Waals surface area contributed by atoms with E-state index in [1.165, 1.54) is 7.11 Å². The number of ether oxygens (including phenoxy) is 2. The van der Waals surface area contributed by atoms with Crippen LogP contribution in [0.1, 0.15) is 10.4 Å². The number of amides is 1. The van der Waals surface area contributed by atoms with Crippen molar-refractivity contribution >= 4 is 43.5 Å². The highest BCUT2D eigenvalue weighted by atomic mass is 79.9. The minimum Gasteiger partial charge on any atom is -0.493 e. The first kappa shape index (κ1) is 15.9. The van der Waals surface area contributed by atoms with E-state index in [-0.39, 0.29) is 5.91 Å². The van der Waals surface area contributed by atoms with E-state index in [0.29, 0.717) is 22.7 Å². The number of rotatable bonds is 4. The predicted molar refractivity (Wildman–Crippen MR) is 89.3 cm³/mol. The molecule has 0 spiro atoms. The fourth-order valence-corrected chi connectivity index (χ4v) is 2.91. The van der Waals surface area contributed by atoms with Gasteiger partial charge in [0.2, 0.25) is 0 Å². The normalized spacial score (nSPS) is 10.1. The highest BCUT2D eigenvalue weighted by molar-refractivity contribution is 9.11. The van der Waals surface area contributed by atoms with E-state index in [1.54, 1.807) is 25.3 Å². The van der Waals surface area contributed by atoms with Crippen molar-refractivity contribution in [3.63, 3.8) is 0 Å². The van der Waals surface area contributed by atoms with Crippen LogP contribution < -0.4 is 14.8 Å². The van der Waals surface area contributed by atoms with Crippen molar-refractivity contribution in [2.75, 3.05) is 19.5 Å². The zero-order chi connectivity index (χ0) is 15.4. The number of benzene rings is 2. The van der Waals surface area contributed by atoms with Crippen LogP contribution in [0, 0.1) is 0 Å². The van der Waals surface area contributed by atoms with Crippen LogP contribution in [-0.2, 0) is 0 Å². The van der Waals surface area contributed by atoms with Gasteiger partial charge in [0.1, 0.15) is 0 Å². The number of hydrogen-bond acceptors (Lipinski definition) is 3. The average Bonchev–Trinajstić information content (AvgIpc) is 2.49. The molecule has 0 atom stereocenters. The van der Waals surface area contributed by atoms with Crippen molar-refractivity contribution in [1.29, 1.82) is 0 Å². The van der Waals surface area contributed by atoms with Crippen LogP contribution in [0.5, 0.6) is 11.5 Å². The van der Waals surface area contributed by atoms with Gasteiger partial charge in [-0.05, 0) is 52.3 Å². The third-order valence-corrected chi connectivity index (χ3v) is 3.97. The zero-order valence-corrected chi connectivity index (χ0v) is 14.6. The molecule has 110 valence electrons. The molecule has 4 nitrogen and oxygen atoms in total. The first-order chi connectivity index (χ1) is 10.0. The molecule has 0 unspecified atom stereocenters. The molecule has 0 aliphatic heterocycles. The molecule has 0 aromatic heterocycles. The molecule has 0 saturated carbocycles. The largest absolute Gasteiger partial charge is 0.493 e. The molecule has 0 saturated heterocycles. The Morgan fingerprint density at radius 2 is 1.71 bits per heavy atom. The van der Waals surface area contributed by atoms with Crippen LogP contribution in [-0.4, -0.2) is 20.1 Å². The van der Waals surface area contributed by atoms with Gasteiger partial charge in [-0.1, -0.05) is 15.9 Å². The number of anilines is 1. The van der Waals surface area contributed by atoms with Gasteiger partial charge >= 0.3 is 0 Å². The Morgan fingerprint density at radius 3 is 2.33 bits per heavy atom. The number of halogens is 2. The molecule has 0 heterocycles. The highest BCUT2D eigenvalue weighted by Gasteiger charge is 2.12. The minimum atomic E-state index is -0.223. The van der Waals surface area contributed by atoms with Crippen LogP contribution in [0.2, 0.25) is 0 Å². The van der Waals surface area contributed by atoms with Gasteiger partial charge in [-0.2, -0.15) is 0 Å². The summed E-state index contributed by atoms with van der Waals surface area (Å²) in [6.07, 6.45) is 0. The smallest absolute Gasteiger partial charge is 0.255 e. The van der Waals surface area contributed by atoms with E-state index < -0.39 is 0 Å². The van der Waals surface area contributed by atoms with E-state index in [1.807, 2.05) is 18.2 Å². The molecular formula is C15H13Br2NO3. The van der Waals surface area contributed by atoms with E-state index >= 15 is 0 Å². The summed E-state index contributed by atoms with van der Waals surface area (Å²) >= 11 is 6.78. The maximum Gasteiger partial charge on any atom is 0.255 e. The van der Waals surface area contributed by atoms with Crippen molar-refractivity contribution < 1.29 is 14.3 Å². The van der Waals surface area contributed by atoms with E-state index in [0.717, 1.165) is 8.95 Å². The maximum absolute atomic E-state index is 12.3. The van der Waals surface area contributed by atoms with Crippen LogP contribution in [0.3, 0.4) is 0 Å². The van der Waals surface area contributed by atoms with E-state index in [2.05, 4.69) is 37.2 Å². The van der Waals surface area contributed by atoms with Crippen LogP contribution >= 0.6 is 31.9 Å². The lowest BCUT2D eigenvalue weighted by molar-refractivity contribution is 0.102. The molecular weight excluding hydrogens is 402 g/mol. The van der Waals surface area contributed by atoms with Gasteiger partial charge in [-0.15, -0.1) is 0 Å². The summed E-state index contributed by atoms with van der Waals surface area (Å²) in [5.41, 5.74) is 1.18. The Hall–Kier alpha value is -1.53. The van der Waals surface area contributed by atoms with Crippen molar-refractivity contribution in [3.05, 3.63) is 50.9 Å². The lowest BCUT2D eigenvalue weighted by Gasteiger charge is -2.11. The Labute approximate surface area is 139 Å². The van der Waals surface area contributed by atoms with Crippen molar-refractivity contribution in [1.82, 2.24) is 0 Å². The summed E-state index contributed by atoms with van der Waals surface area (Å²) in [6.45, 7) is 0. The first-order valence-corrected chi connectivity index (χ1v) is 7.62. The van der Waals surface area contributed by atoms with E-state index in [4.69, 9.17) is 9.47 Å². The standard InChI is InChI=1S/C15H13Br2NO3/c1-20-13-6-3-9(7-14(13)21-2)15(19)18-12-5-4-10(16)8-11(12)17/h3-8H,1-2H3,(H,18,19). The molecule has 0 aliphatic rings. The van der Waals surface area contributed by atoms with Crippen LogP contribution in [0.4, 0.5) is 5.69 Å². The predicted octanol–water partition coefficient (Wildman–Crippen LogP) is 4.48. The van der Waals surface area contributed by atoms with Crippen molar-refractivity contribution in [2.45, 2.75) is 0 Å². The molecule has 0 aliphatic carbocycles.